The Bertz CT molecular complexity index is 523. The van der Waals surface area contributed by atoms with E-state index in [0.29, 0.717) is 24.1 Å². The average Bonchev–Trinajstić information content (AvgIpc) is 2.42. The highest BCUT2D eigenvalue weighted by atomic mass is 16.2. The van der Waals surface area contributed by atoms with Gasteiger partial charge in [0, 0.05) is 19.0 Å². The van der Waals surface area contributed by atoms with E-state index in [4.69, 9.17) is 5.84 Å². The van der Waals surface area contributed by atoms with E-state index >= 15 is 0 Å². The topological polar surface area (TPSA) is 105 Å². The van der Waals surface area contributed by atoms with Gasteiger partial charge in [-0.1, -0.05) is 6.92 Å². The van der Waals surface area contributed by atoms with Crippen LogP contribution in [0.5, 0.6) is 0 Å². The average molecular weight is 276 g/mol. The molecule has 1 fully saturated rings. The molecular weight excluding hydrogens is 260 g/mol. The molecule has 0 atom stereocenters. The van der Waals surface area contributed by atoms with Crippen LogP contribution >= 0.6 is 0 Å². The van der Waals surface area contributed by atoms with Gasteiger partial charge in [0.1, 0.15) is 0 Å². The second-order valence-electron chi connectivity index (χ2n) is 4.90. The van der Waals surface area contributed by atoms with E-state index in [1.807, 2.05) is 12.3 Å². The molecule has 7 heteroatoms. The molecule has 1 aliphatic heterocycles. The summed E-state index contributed by atoms with van der Waals surface area (Å²) in [5.41, 5.74) is 2.87. The van der Waals surface area contributed by atoms with Crippen molar-refractivity contribution in [3.8, 4) is 0 Å². The Morgan fingerprint density at radius 1 is 1.40 bits per heavy atom. The first kappa shape index (κ1) is 14.1. The number of rotatable bonds is 3. The van der Waals surface area contributed by atoms with Gasteiger partial charge < -0.3 is 0 Å². The molecule has 3 N–H and O–H groups in total. The first-order chi connectivity index (χ1) is 9.51. The van der Waals surface area contributed by atoms with Gasteiger partial charge in [0.2, 0.25) is 11.8 Å². The minimum Gasteiger partial charge on any atom is -0.290 e. The molecule has 3 amide bonds. The Labute approximate surface area is 116 Å². The number of hydrogen-bond acceptors (Lipinski definition) is 5. The number of likely N-dealkylation sites (tertiary alicyclic amines) is 1. The van der Waals surface area contributed by atoms with E-state index in [2.05, 4.69) is 4.98 Å². The van der Waals surface area contributed by atoms with Crippen LogP contribution < -0.4 is 11.3 Å². The fourth-order valence-electron chi connectivity index (χ4n) is 2.10. The van der Waals surface area contributed by atoms with Crippen molar-refractivity contribution in [1.29, 1.82) is 0 Å². The molecule has 2 rings (SSSR count). The van der Waals surface area contributed by atoms with Crippen LogP contribution in [-0.4, -0.2) is 27.6 Å². The molecule has 106 valence electrons. The highest BCUT2D eigenvalue weighted by Crippen LogP contribution is 2.20. The normalized spacial score (nSPS) is 16.4. The number of pyridine rings is 1. The third kappa shape index (κ3) is 3.00. The number of hydrazine groups is 1. The van der Waals surface area contributed by atoms with Gasteiger partial charge in [0.25, 0.3) is 5.91 Å². The van der Waals surface area contributed by atoms with Crippen LogP contribution in [0.4, 0.5) is 0 Å². The zero-order valence-corrected chi connectivity index (χ0v) is 11.1. The summed E-state index contributed by atoms with van der Waals surface area (Å²) in [5, 5.41) is 0. The van der Waals surface area contributed by atoms with Gasteiger partial charge >= 0.3 is 0 Å². The third-order valence-corrected chi connectivity index (χ3v) is 3.19. The lowest BCUT2D eigenvalue weighted by atomic mass is 9.97. The molecule has 0 aliphatic carbocycles. The van der Waals surface area contributed by atoms with Crippen LogP contribution in [0.3, 0.4) is 0 Å². The molecule has 0 spiro atoms. The third-order valence-electron chi connectivity index (χ3n) is 3.19. The number of nitrogens with two attached hydrogens (primary N) is 1. The van der Waals surface area contributed by atoms with Gasteiger partial charge in [-0.2, -0.15) is 0 Å². The molecule has 0 unspecified atom stereocenters. The molecule has 0 bridgehead atoms. The lowest BCUT2D eigenvalue weighted by molar-refractivity contribution is -0.150. The Hall–Kier alpha value is -2.28. The van der Waals surface area contributed by atoms with E-state index in [9.17, 15) is 14.4 Å². The second-order valence-corrected chi connectivity index (χ2v) is 4.90. The van der Waals surface area contributed by atoms with Crippen molar-refractivity contribution in [2.24, 2.45) is 11.8 Å². The SMILES string of the molecule is CC1CC(=O)N(Cc2ccc(C(=O)NN)cn2)C(=O)C1. The first-order valence-corrected chi connectivity index (χ1v) is 6.30. The maximum absolute atomic E-state index is 11.8. The first-order valence-electron chi connectivity index (χ1n) is 6.30. The number of imide groups is 1. The highest BCUT2D eigenvalue weighted by Gasteiger charge is 2.30. The molecule has 0 radical (unpaired) electrons. The van der Waals surface area contributed by atoms with Crippen molar-refractivity contribution in [1.82, 2.24) is 15.3 Å². The number of nitrogen functional groups attached to an aromatic ring is 1. The molecule has 1 aromatic heterocycles. The summed E-state index contributed by atoms with van der Waals surface area (Å²) in [6.45, 7) is 2.01. The predicted octanol–water partition coefficient (Wildman–Crippen LogP) is -0.0298. The maximum Gasteiger partial charge on any atom is 0.266 e. The van der Waals surface area contributed by atoms with Crippen LogP contribution in [0, 0.1) is 5.92 Å². The fourth-order valence-corrected chi connectivity index (χ4v) is 2.10. The van der Waals surface area contributed by atoms with Gasteiger partial charge in [-0.15, -0.1) is 0 Å². The molecule has 1 aliphatic rings. The number of hydrogen-bond donors (Lipinski definition) is 2. The van der Waals surface area contributed by atoms with E-state index in [1.165, 1.54) is 11.1 Å². The number of carbonyl (C=O) groups excluding carboxylic acids is 3. The van der Waals surface area contributed by atoms with Gasteiger partial charge in [0.05, 0.1) is 17.8 Å². The largest absolute Gasteiger partial charge is 0.290 e. The predicted molar refractivity (Wildman–Crippen MR) is 69.8 cm³/mol. The summed E-state index contributed by atoms with van der Waals surface area (Å²) in [7, 11) is 0. The Kier molecular flexibility index (Phi) is 4.09. The molecule has 1 aromatic rings. The zero-order valence-electron chi connectivity index (χ0n) is 11.1. The van der Waals surface area contributed by atoms with Crippen molar-refractivity contribution >= 4 is 17.7 Å². The number of carbonyl (C=O) groups is 3. The summed E-state index contributed by atoms with van der Waals surface area (Å²) < 4.78 is 0. The minimum absolute atomic E-state index is 0.0924. The fraction of sp³-hybridized carbons (Fsp3) is 0.385. The number of nitrogens with zero attached hydrogens (tertiary/aromatic N) is 2. The monoisotopic (exact) mass is 276 g/mol. The van der Waals surface area contributed by atoms with Crippen molar-refractivity contribution in [2.75, 3.05) is 0 Å². The smallest absolute Gasteiger partial charge is 0.266 e. The molecule has 0 saturated carbocycles. The van der Waals surface area contributed by atoms with Crippen LogP contribution in [0.2, 0.25) is 0 Å². The van der Waals surface area contributed by atoms with Gasteiger partial charge in [-0.05, 0) is 18.1 Å². The van der Waals surface area contributed by atoms with E-state index in [1.54, 1.807) is 12.1 Å². The van der Waals surface area contributed by atoms with Gasteiger partial charge in [0.15, 0.2) is 0 Å². The van der Waals surface area contributed by atoms with Crippen LogP contribution in [0.1, 0.15) is 35.8 Å². The Morgan fingerprint density at radius 2 is 2.05 bits per heavy atom. The minimum atomic E-state index is -0.442. The van der Waals surface area contributed by atoms with Crippen LogP contribution in [0.15, 0.2) is 18.3 Å². The number of aromatic nitrogens is 1. The number of amides is 3. The van der Waals surface area contributed by atoms with Crippen molar-refractivity contribution in [3.05, 3.63) is 29.6 Å². The van der Waals surface area contributed by atoms with Crippen LogP contribution in [0.25, 0.3) is 0 Å². The Morgan fingerprint density at radius 3 is 2.55 bits per heavy atom. The summed E-state index contributed by atoms with van der Waals surface area (Å²) in [5.74, 6) is 4.30. The van der Waals surface area contributed by atoms with Crippen molar-refractivity contribution < 1.29 is 14.4 Å². The number of nitrogens with one attached hydrogen (secondary N) is 1. The summed E-state index contributed by atoms with van der Waals surface area (Å²) >= 11 is 0. The maximum atomic E-state index is 11.8. The van der Waals surface area contributed by atoms with Crippen LogP contribution in [-0.2, 0) is 16.1 Å². The van der Waals surface area contributed by atoms with E-state index < -0.39 is 5.91 Å². The zero-order chi connectivity index (χ0) is 14.7. The Balaban J connectivity index is 2.08. The summed E-state index contributed by atoms with van der Waals surface area (Å²) in [6, 6.07) is 3.15. The van der Waals surface area contributed by atoms with Gasteiger partial charge in [-0.3, -0.25) is 29.7 Å². The molecular formula is C13H16N4O3. The van der Waals surface area contributed by atoms with Crippen molar-refractivity contribution in [2.45, 2.75) is 26.3 Å². The molecule has 7 nitrogen and oxygen atoms in total. The standard InChI is InChI=1S/C13H16N4O3/c1-8-4-11(18)17(12(19)5-8)7-10-3-2-9(6-15-10)13(20)16-14/h2-3,6,8H,4-5,7,14H2,1H3,(H,16,20). The molecule has 0 aromatic carbocycles. The lowest BCUT2D eigenvalue weighted by Gasteiger charge is -2.27. The van der Waals surface area contributed by atoms with Gasteiger partial charge in [-0.25, -0.2) is 5.84 Å². The second kappa shape index (κ2) is 5.79. The quantitative estimate of drug-likeness (QED) is 0.349. The van der Waals surface area contributed by atoms with E-state index in [0.717, 1.165) is 0 Å². The summed E-state index contributed by atoms with van der Waals surface area (Å²) in [4.78, 5) is 40.2. The highest BCUT2D eigenvalue weighted by molar-refractivity contribution is 5.97. The lowest BCUT2D eigenvalue weighted by Crippen LogP contribution is -2.42. The number of piperidine rings is 1. The molecule has 1 saturated heterocycles. The van der Waals surface area contributed by atoms with Crippen molar-refractivity contribution in [3.63, 3.8) is 0 Å². The van der Waals surface area contributed by atoms with E-state index in [-0.39, 0.29) is 24.3 Å². The molecule has 2 heterocycles. The molecule has 20 heavy (non-hydrogen) atoms. The summed E-state index contributed by atoms with van der Waals surface area (Å²) in [6.07, 6.45) is 2.11.